The SMILES string of the molecule is CCOc1ncc(NC(=O)Nc2ccc(C(C)(C)C)cc2)c(OCC)n1. The van der Waals surface area contributed by atoms with Crippen molar-refractivity contribution in [1.82, 2.24) is 9.97 Å². The third-order valence-corrected chi connectivity index (χ3v) is 3.54. The van der Waals surface area contributed by atoms with Crippen molar-refractivity contribution in [2.24, 2.45) is 0 Å². The molecule has 140 valence electrons. The number of anilines is 2. The number of amides is 2. The highest BCUT2D eigenvalue weighted by Gasteiger charge is 2.14. The van der Waals surface area contributed by atoms with Crippen LogP contribution in [0.4, 0.5) is 16.2 Å². The molecule has 0 radical (unpaired) electrons. The molecule has 2 aromatic rings. The van der Waals surface area contributed by atoms with E-state index >= 15 is 0 Å². The highest BCUT2D eigenvalue weighted by Crippen LogP contribution is 2.25. The minimum atomic E-state index is -0.401. The number of hydrogen-bond acceptors (Lipinski definition) is 5. The molecule has 1 aromatic carbocycles. The minimum absolute atomic E-state index is 0.0623. The van der Waals surface area contributed by atoms with E-state index in [0.29, 0.717) is 24.6 Å². The van der Waals surface area contributed by atoms with Crippen LogP contribution in [0.5, 0.6) is 11.9 Å². The Morgan fingerprint density at radius 3 is 2.27 bits per heavy atom. The van der Waals surface area contributed by atoms with E-state index in [9.17, 15) is 4.79 Å². The molecule has 2 rings (SSSR count). The third kappa shape index (κ3) is 5.34. The van der Waals surface area contributed by atoms with Gasteiger partial charge >= 0.3 is 12.0 Å². The molecule has 0 saturated heterocycles. The van der Waals surface area contributed by atoms with E-state index < -0.39 is 6.03 Å². The number of carbonyl (C=O) groups is 1. The summed E-state index contributed by atoms with van der Waals surface area (Å²) in [6.45, 7) is 11.0. The largest absolute Gasteiger partial charge is 0.476 e. The number of carbonyl (C=O) groups excluding carboxylic acids is 1. The van der Waals surface area contributed by atoms with E-state index in [2.05, 4.69) is 41.4 Å². The maximum Gasteiger partial charge on any atom is 0.323 e. The van der Waals surface area contributed by atoms with Crippen LogP contribution in [-0.2, 0) is 5.41 Å². The first-order valence-electron chi connectivity index (χ1n) is 8.64. The Morgan fingerprint density at radius 2 is 1.69 bits per heavy atom. The van der Waals surface area contributed by atoms with Crippen LogP contribution in [0.1, 0.15) is 40.2 Å². The molecular weight excluding hydrogens is 332 g/mol. The highest BCUT2D eigenvalue weighted by molar-refractivity contribution is 6.00. The number of benzene rings is 1. The quantitative estimate of drug-likeness (QED) is 0.808. The molecule has 2 N–H and O–H groups in total. The van der Waals surface area contributed by atoms with E-state index in [1.165, 1.54) is 11.8 Å². The van der Waals surface area contributed by atoms with Crippen molar-refractivity contribution in [2.75, 3.05) is 23.8 Å². The maximum absolute atomic E-state index is 12.3. The van der Waals surface area contributed by atoms with Crippen molar-refractivity contribution >= 4 is 17.4 Å². The van der Waals surface area contributed by atoms with Crippen molar-refractivity contribution in [1.29, 1.82) is 0 Å². The normalized spacial score (nSPS) is 11.0. The van der Waals surface area contributed by atoms with Gasteiger partial charge in [-0.15, -0.1) is 0 Å². The molecule has 0 aliphatic carbocycles. The van der Waals surface area contributed by atoms with Crippen LogP contribution >= 0.6 is 0 Å². The second kappa shape index (κ2) is 8.51. The first kappa shape index (κ1) is 19.5. The fraction of sp³-hybridized carbons (Fsp3) is 0.421. The summed E-state index contributed by atoms with van der Waals surface area (Å²) in [5.74, 6) is 0.268. The third-order valence-electron chi connectivity index (χ3n) is 3.54. The molecular formula is C19H26N4O3. The van der Waals surface area contributed by atoms with E-state index in [0.717, 1.165) is 0 Å². The van der Waals surface area contributed by atoms with Gasteiger partial charge in [0.1, 0.15) is 5.69 Å². The average Bonchev–Trinajstić information content (AvgIpc) is 2.57. The minimum Gasteiger partial charge on any atom is -0.476 e. The van der Waals surface area contributed by atoms with Crippen molar-refractivity contribution in [3.63, 3.8) is 0 Å². The van der Waals surface area contributed by atoms with Gasteiger partial charge in [0.05, 0.1) is 19.4 Å². The zero-order chi connectivity index (χ0) is 19.2. The highest BCUT2D eigenvalue weighted by atomic mass is 16.5. The Bertz CT molecular complexity index is 739. The van der Waals surface area contributed by atoms with Gasteiger partial charge in [0, 0.05) is 5.69 Å². The fourth-order valence-electron chi connectivity index (χ4n) is 2.22. The van der Waals surface area contributed by atoms with Gasteiger partial charge in [-0.2, -0.15) is 4.98 Å². The first-order valence-corrected chi connectivity index (χ1v) is 8.64. The van der Waals surface area contributed by atoms with Crippen LogP contribution in [0.25, 0.3) is 0 Å². The van der Waals surface area contributed by atoms with Crippen LogP contribution in [0.2, 0.25) is 0 Å². The second-order valence-electron chi connectivity index (χ2n) is 6.64. The molecule has 0 saturated carbocycles. The fourth-order valence-corrected chi connectivity index (χ4v) is 2.22. The standard InChI is InChI=1S/C19H26N4O3/c1-6-25-16-15(12-20-18(23-16)26-7-2)22-17(24)21-14-10-8-13(9-11-14)19(3,4)5/h8-12H,6-7H2,1-5H3,(H2,21,22,24). The lowest BCUT2D eigenvalue weighted by atomic mass is 9.87. The molecule has 0 bridgehead atoms. The molecule has 0 unspecified atom stereocenters. The summed E-state index contributed by atoms with van der Waals surface area (Å²) in [5, 5.41) is 5.49. The van der Waals surface area contributed by atoms with Gasteiger partial charge in [-0.1, -0.05) is 32.9 Å². The summed E-state index contributed by atoms with van der Waals surface area (Å²) in [7, 11) is 0. The molecule has 26 heavy (non-hydrogen) atoms. The summed E-state index contributed by atoms with van der Waals surface area (Å²) < 4.78 is 10.7. The van der Waals surface area contributed by atoms with Gasteiger partial charge in [-0.25, -0.2) is 9.78 Å². The van der Waals surface area contributed by atoms with Gasteiger partial charge in [0.2, 0.25) is 5.88 Å². The summed E-state index contributed by atoms with van der Waals surface area (Å²) in [5.41, 5.74) is 2.33. The van der Waals surface area contributed by atoms with Gasteiger partial charge in [-0.3, -0.25) is 0 Å². The summed E-state index contributed by atoms with van der Waals surface area (Å²) in [6, 6.07) is 7.56. The topological polar surface area (TPSA) is 85.4 Å². The number of nitrogens with zero attached hydrogens (tertiary/aromatic N) is 2. The summed E-state index contributed by atoms with van der Waals surface area (Å²) in [4.78, 5) is 20.5. The summed E-state index contributed by atoms with van der Waals surface area (Å²) in [6.07, 6.45) is 1.46. The van der Waals surface area contributed by atoms with Crippen LogP contribution < -0.4 is 20.1 Å². The van der Waals surface area contributed by atoms with Crippen molar-refractivity contribution in [2.45, 2.75) is 40.0 Å². The molecule has 0 aliphatic rings. The first-order chi connectivity index (χ1) is 12.3. The number of nitrogens with one attached hydrogen (secondary N) is 2. The van der Waals surface area contributed by atoms with Gasteiger partial charge in [-0.05, 0) is 37.0 Å². The van der Waals surface area contributed by atoms with Crippen molar-refractivity contribution in [3.8, 4) is 11.9 Å². The number of ether oxygens (including phenoxy) is 2. The number of rotatable bonds is 6. The van der Waals surface area contributed by atoms with Gasteiger partial charge in [0.25, 0.3) is 0 Å². The molecule has 7 nitrogen and oxygen atoms in total. The number of aromatic nitrogens is 2. The Hall–Kier alpha value is -2.83. The molecule has 2 amide bonds. The molecule has 0 spiro atoms. The lowest BCUT2D eigenvalue weighted by molar-refractivity contribution is 0.261. The lowest BCUT2D eigenvalue weighted by Gasteiger charge is -2.19. The molecule has 1 aromatic heterocycles. The Morgan fingerprint density at radius 1 is 1.04 bits per heavy atom. The van der Waals surface area contributed by atoms with E-state index in [4.69, 9.17) is 9.47 Å². The molecule has 0 aliphatic heterocycles. The molecule has 0 atom stereocenters. The van der Waals surface area contributed by atoms with E-state index in [-0.39, 0.29) is 17.3 Å². The predicted molar refractivity (Wildman–Crippen MR) is 102 cm³/mol. The van der Waals surface area contributed by atoms with Crippen LogP contribution in [0.15, 0.2) is 30.5 Å². The Labute approximate surface area is 154 Å². The molecule has 0 fully saturated rings. The summed E-state index contributed by atoms with van der Waals surface area (Å²) >= 11 is 0. The smallest absolute Gasteiger partial charge is 0.323 e. The number of urea groups is 1. The van der Waals surface area contributed by atoms with Gasteiger partial charge in [0.15, 0.2) is 0 Å². The second-order valence-corrected chi connectivity index (χ2v) is 6.64. The lowest BCUT2D eigenvalue weighted by Crippen LogP contribution is -2.20. The zero-order valence-electron chi connectivity index (χ0n) is 15.9. The molecule has 1 heterocycles. The predicted octanol–water partition coefficient (Wildman–Crippen LogP) is 4.22. The maximum atomic E-state index is 12.3. The van der Waals surface area contributed by atoms with Crippen molar-refractivity contribution in [3.05, 3.63) is 36.0 Å². The average molecular weight is 358 g/mol. The Kier molecular flexibility index (Phi) is 6.38. The Balaban J connectivity index is 2.07. The van der Waals surface area contributed by atoms with E-state index in [1.807, 2.05) is 38.1 Å². The van der Waals surface area contributed by atoms with Gasteiger partial charge < -0.3 is 20.1 Å². The van der Waals surface area contributed by atoms with Crippen molar-refractivity contribution < 1.29 is 14.3 Å². The van der Waals surface area contributed by atoms with E-state index in [1.54, 1.807) is 0 Å². The van der Waals surface area contributed by atoms with Crippen LogP contribution in [0, 0.1) is 0 Å². The zero-order valence-corrected chi connectivity index (χ0v) is 15.9. The monoisotopic (exact) mass is 358 g/mol. The van der Waals surface area contributed by atoms with Crippen LogP contribution in [-0.4, -0.2) is 29.2 Å². The number of hydrogen-bond donors (Lipinski definition) is 2. The van der Waals surface area contributed by atoms with Crippen LogP contribution in [0.3, 0.4) is 0 Å². The molecule has 7 heteroatoms.